The fourth-order valence-electron chi connectivity index (χ4n) is 2.69. The average molecular weight is 309 g/mol. The number of nitrogens with zero attached hydrogens (tertiary/aromatic N) is 3. The molecule has 0 unspecified atom stereocenters. The Hall–Kier alpha value is -2.40. The molecule has 2 N–H and O–H groups in total. The summed E-state index contributed by atoms with van der Waals surface area (Å²) in [7, 11) is 0. The number of aromatic nitrogens is 4. The molecule has 2 atom stereocenters. The fraction of sp³-hybridized carbons (Fsp3) is 0.333. The number of benzene rings is 1. The highest BCUT2D eigenvalue weighted by molar-refractivity contribution is 5.63. The third kappa shape index (κ3) is 3.51. The Balaban J connectivity index is 1.69. The number of nitrogens with one attached hydrogen (secondary N) is 2. The quantitative estimate of drug-likeness (QED) is 0.734. The number of hydrogen-bond donors (Lipinski definition) is 2. The van der Waals surface area contributed by atoms with E-state index in [2.05, 4.69) is 65.6 Å². The summed E-state index contributed by atoms with van der Waals surface area (Å²) >= 11 is 0. The van der Waals surface area contributed by atoms with Crippen LogP contribution in [-0.4, -0.2) is 26.0 Å². The van der Waals surface area contributed by atoms with Gasteiger partial charge in [-0.25, -0.2) is 0 Å². The van der Waals surface area contributed by atoms with Crippen LogP contribution in [0.25, 0.3) is 11.3 Å². The first-order chi connectivity index (χ1) is 11.1. The predicted molar refractivity (Wildman–Crippen MR) is 92.0 cm³/mol. The van der Waals surface area contributed by atoms with Gasteiger partial charge in [-0.1, -0.05) is 23.8 Å². The van der Waals surface area contributed by atoms with Crippen LogP contribution in [0.2, 0.25) is 0 Å². The second kappa shape index (κ2) is 6.79. The zero-order valence-corrected chi connectivity index (χ0v) is 13.8. The van der Waals surface area contributed by atoms with Gasteiger partial charge in [-0.2, -0.15) is 10.2 Å². The van der Waals surface area contributed by atoms with Crippen LogP contribution >= 0.6 is 0 Å². The van der Waals surface area contributed by atoms with Crippen LogP contribution in [0.1, 0.15) is 31.0 Å². The maximum absolute atomic E-state index is 4.32. The maximum Gasteiger partial charge on any atom is 0.0695 e. The molecule has 0 saturated heterocycles. The SMILES string of the molecule is Cc1cccc(-c2[nH]ncc2CN[C@H](C)[C@@H](C)n2cccn2)c1. The Morgan fingerprint density at radius 3 is 2.87 bits per heavy atom. The smallest absolute Gasteiger partial charge is 0.0695 e. The maximum atomic E-state index is 4.32. The number of hydrogen-bond acceptors (Lipinski definition) is 3. The Kier molecular flexibility index (Phi) is 4.57. The van der Waals surface area contributed by atoms with Crippen LogP contribution in [0.15, 0.2) is 48.9 Å². The highest BCUT2D eigenvalue weighted by Gasteiger charge is 2.15. The molecule has 0 spiro atoms. The first-order valence-corrected chi connectivity index (χ1v) is 7.97. The van der Waals surface area contributed by atoms with Crippen LogP contribution in [0.4, 0.5) is 0 Å². The molecule has 0 aliphatic rings. The van der Waals surface area contributed by atoms with E-state index in [0.29, 0.717) is 12.1 Å². The van der Waals surface area contributed by atoms with Gasteiger partial charge < -0.3 is 5.32 Å². The molecule has 120 valence electrons. The van der Waals surface area contributed by atoms with Gasteiger partial charge in [-0.3, -0.25) is 9.78 Å². The molecule has 1 aromatic carbocycles. The summed E-state index contributed by atoms with van der Waals surface area (Å²) in [4.78, 5) is 0. The van der Waals surface area contributed by atoms with Gasteiger partial charge in [0.1, 0.15) is 0 Å². The van der Waals surface area contributed by atoms with Crippen LogP contribution in [0.3, 0.4) is 0 Å². The van der Waals surface area contributed by atoms with Crippen LogP contribution in [0.5, 0.6) is 0 Å². The molecule has 5 heteroatoms. The molecule has 0 bridgehead atoms. The van der Waals surface area contributed by atoms with E-state index in [9.17, 15) is 0 Å². The molecule has 2 heterocycles. The van der Waals surface area contributed by atoms with E-state index in [1.54, 1.807) is 0 Å². The molecule has 0 aliphatic heterocycles. The van der Waals surface area contributed by atoms with Crippen molar-refractivity contribution in [3.63, 3.8) is 0 Å². The van der Waals surface area contributed by atoms with Gasteiger partial charge in [0.25, 0.3) is 0 Å². The summed E-state index contributed by atoms with van der Waals surface area (Å²) in [5.74, 6) is 0. The van der Waals surface area contributed by atoms with E-state index < -0.39 is 0 Å². The predicted octanol–water partition coefficient (Wildman–Crippen LogP) is 3.32. The lowest BCUT2D eigenvalue weighted by Crippen LogP contribution is -2.33. The zero-order chi connectivity index (χ0) is 16.2. The molecule has 0 fully saturated rings. The highest BCUT2D eigenvalue weighted by Crippen LogP contribution is 2.22. The number of aryl methyl sites for hydroxylation is 1. The third-order valence-electron chi connectivity index (χ3n) is 4.30. The molecule has 2 aromatic heterocycles. The minimum atomic E-state index is 0.291. The molecule has 3 rings (SSSR count). The molecular weight excluding hydrogens is 286 g/mol. The lowest BCUT2D eigenvalue weighted by Gasteiger charge is -2.21. The second-order valence-electron chi connectivity index (χ2n) is 6.04. The largest absolute Gasteiger partial charge is 0.308 e. The summed E-state index contributed by atoms with van der Waals surface area (Å²) in [5, 5.41) is 15.2. The van der Waals surface area contributed by atoms with Gasteiger partial charge in [-0.15, -0.1) is 0 Å². The normalized spacial score (nSPS) is 13.9. The van der Waals surface area contributed by atoms with E-state index in [0.717, 1.165) is 12.2 Å². The topological polar surface area (TPSA) is 58.5 Å². The first-order valence-electron chi connectivity index (χ1n) is 7.97. The van der Waals surface area contributed by atoms with Crippen molar-refractivity contribution in [2.45, 2.75) is 39.4 Å². The van der Waals surface area contributed by atoms with Crippen LogP contribution in [-0.2, 0) is 6.54 Å². The van der Waals surface area contributed by atoms with Crippen molar-refractivity contribution in [2.75, 3.05) is 0 Å². The number of H-pyrrole nitrogens is 1. The molecule has 0 amide bonds. The lowest BCUT2D eigenvalue weighted by atomic mass is 10.1. The van der Waals surface area contributed by atoms with Gasteiger partial charge >= 0.3 is 0 Å². The highest BCUT2D eigenvalue weighted by atomic mass is 15.3. The fourth-order valence-corrected chi connectivity index (χ4v) is 2.69. The molecule has 0 aliphatic carbocycles. The summed E-state index contributed by atoms with van der Waals surface area (Å²) < 4.78 is 1.98. The molecular formula is C18H23N5. The van der Waals surface area contributed by atoms with Crippen molar-refractivity contribution in [2.24, 2.45) is 0 Å². The Bertz CT molecular complexity index is 744. The van der Waals surface area contributed by atoms with E-state index in [4.69, 9.17) is 0 Å². The number of aromatic amines is 1. The lowest BCUT2D eigenvalue weighted by molar-refractivity contribution is 0.365. The van der Waals surface area contributed by atoms with Gasteiger partial charge in [-0.05, 0) is 32.9 Å². The second-order valence-corrected chi connectivity index (χ2v) is 6.04. The van der Waals surface area contributed by atoms with Crippen molar-refractivity contribution in [1.82, 2.24) is 25.3 Å². The first kappa shape index (κ1) is 15.5. The summed E-state index contributed by atoms with van der Waals surface area (Å²) in [6, 6.07) is 11.0. The van der Waals surface area contributed by atoms with E-state index >= 15 is 0 Å². The van der Waals surface area contributed by atoms with Crippen LogP contribution < -0.4 is 5.32 Å². The molecule has 3 aromatic rings. The van der Waals surface area contributed by atoms with Crippen molar-refractivity contribution >= 4 is 0 Å². The summed E-state index contributed by atoms with van der Waals surface area (Å²) in [6.07, 6.45) is 5.71. The van der Waals surface area contributed by atoms with Gasteiger partial charge in [0.2, 0.25) is 0 Å². The Labute approximate surface area is 136 Å². The van der Waals surface area contributed by atoms with Gasteiger partial charge in [0, 0.05) is 36.1 Å². The summed E-state index contributed by atoms with van der Waals surface area (Å²) in [6.45, 7) is 7.22. The molecule has 5 nitrogen and oxygen atoms in total. The molecule has 0 saturated carbocycles. The van der Waals surface area contributed by atoms with Crippen LogP contribution in [0, 0.1) is 6.92 Å². The minimum absolute atomic E-state index is 0.291. The van der Waals surface area contributed by atoms with Gasteiger partial charge in [0.15, 0.2) is 0 Å². The molecule has 0 radical (unpaired) electrons. The number of rotatable bonds is 6. The van der Waals surface area contributed by atoms with E-state index in [-0.39, 0.29) is 0 Å². The van der Waals surface area contributed by atoms with Crippen molar-refractivity contribution in [3.8, 4) is 11.3 Å². The zero-order valence-electron chi connectivity index (χ0n) is 13.8. The standard InChI is InChI=1S/C18H23N5/c1-13-6-4-7-16(10-13)18-17(12-20-22-18)11-19-14(2)15(3)23-9-5-8-21-23/h4-10,12,14-15,19H,11H2,1-3H3,(H,20,22)/t14-,15-/m1/s1. The monoisotopic (exact) mass is 309 g/mol. The summed E-state index contributed by atoms with van der Waals surface area (Å²) in [5.41, 5.74) is 4.68. The van der Waals surface area contributed by atoms with E-state index in [1.807, 2.05) is 29.3 Å². The van der Waals surface area contributed by atoms with Crippen molar-refractivity contribution < 1.29 is 0 Å². The van der Waals surface area contributed by atoms with Crippen molar-refractivity contribution in [3.05, 3.63) is 60.0 Å². The minimum Gasteiger partial charge on any atom is -0.308 e. The third-order valence-corrected chi connectivity index (χ3v) is 4.30. The van der Waals surface area contributed by atoms with E-state index in [1.165, 1.54) is 16.7 Å². The average Bonchev–Trinajstić information content (AvgIpc) is 3.23. The van der Waals surface area contributed by atoms with Gasteiger partial charge in [0.05, 0.1) is 17.9 Å². The Morgan fingerprint density at radius 1 is 1.26 bits per heavy atom. The Morgan fingerprint density at radius 2 is 2.13 bits per heavy atom. The molecule has 23 heavy (non-hydrogen) atoms. The van der Waals surface area contributed by atoms with Crippen molar-refractivity contribution in [1.29, 1.82) is 0 Å².